The number of rotatable bonds is 5. The molecule has 2 rings (SSSR count). The van der Waals surface area contributed by atoms with Crippen LogP contribution in [0.4, 0.5) is 0 Å². The van der Waals surface area contributed by atoms with Gasteiger partial charge in [-0.1, -0.05) is 18.2 Å². The molecular weight excluding hydrogens is 356 g/mol. The predicted molar refractivity (Wildman–Crippen MR) is 98.2 cm³/mol. The zero-order valence-electron chi connectivity index (χ0n) is 15.5. The van der Waals surface area contributed by atoms with Crippen molar-refractivity contribution in [3.8, 4) is 0 Å². The van der Waals surface area contributed by atoms with E-state index in [0.717, 1.165) is 0 Å². The molecule has 0 fully saturated rings. The molecule has 5 nitrogen and oxygen atoms in total. The number of fused-ring (bicyclic) bond motifs is 1. The van der Waals surface area contributed by atoms with Gasteiger partial charge in [0.15, 0.2) is 11.2 Å². The molecule has 0 aromatic heterocycles. The minimum Gasteiger partial charge on any atom is -0.466 e. The van der Waals surface area contributed by atoms with Crippen LogP contribution in [0.5, 0.6) is 0 Å². The molecule has 0 radical (unpaired) electrons. The van der Waals surface area contributed by atoms with E-state index in [1.807, 2.05) is 0 Å². The number of benzene rings is 1. The summed E-state index contributed by atoms with van der Waals surface area (Å²) >= 11 is 6.03. The zero-order valence-corrected chi connectivity index (χ0v) is 16.2. The van der Waals surface area contributed by atoms with Crippen LogP contribution < -0.4 is 0 Å². The molecule has 0 amide bonds. The summed E-state index contributed by atoms with van der Waals surface area (Å²) in [5, 5.41) is 0.465. The van der Waals surface area contributed by atoms with E-state index in [4.69, 9.17) is 21.1 Å². The molecule has 1 aliphatic carbocycles. The van der Waals surface area contributed by atoms with Crippen LogP contribution in [0.1, 0.15) is 50.0 Å². The van der Waals surface area contributed by atoms with Gasteiger partial charge in [-0.3, -0.25) is 14.4 Å². The minimum absolute atomic E-state index is 0.0644. The molecule has 0 N–H and O–H groups in total. The number of carbonyl (C=O) groups is 3. The van der Waals surface area contributed by atoms with Crippen LogP contribution in [0, 0.1) is 5.41 Å². The predicted octanol–water partition coefficient (Wildman–Crippen LogP) is 3.92. The second kappa shape index (κ2) is 7.23. The fraction of sp³-hybridized carbons (Fsp3) is 0.450. The highest BCUT2D eigenvalue weighted by atomic mass is 35.5. The number of hydrogen-bond donors (Lipinski definition) is 0. The van der Waals surface area contributed by atoms with Gasteiger partial charge in [0.2, 0.25) is 0 Å². The molecule has 1 aliphatic rings. The topological polar surface area (TPSA) is 69.7 Å². The van der Waals surface area contributed by atoms with Crippen molar-refractivity contribution in [1.29, 1.82) is 0 Å². The molecule has 1 atom stereocenters. The Hall–Kier alpha value is -2.14. The third-order valence-corrected chi connectivity index (χ3v) is 4.40. The molecule has 0 heterocycles. The third-order valence-electron chi connectivity index (χ3n) is 4.17. The van der Waals surface area contributed by atoms with Crippen LogP contribution in [-0.2, 0) is 25.5 Å². The summed E-state index contributed by atoms with van der Waals surface area (Å²) < 4.78 is 10.5. The molecule has 1 aromatic rings. The van der Waals surface area contributed by atoms with Crippen LogP contribution in [0.2, 0.25) is 5.02 Å². The maximum absolute atomic E-state index is 13.2. The van der Waals surface area contributed by atoms with Crippen LogP contribution >= 0.6 is 11.6 Å². The molecule has 0 aliphatic heterocycles. The molecule has 0 spiro atoms. The monoisotopic (exact) mass is 378 g/mol. The maximum Gasteiger partial charge on any atom is 0.325 e. The van der Waals surface area contributed by atoms with E-state index in [0.29, 0.717) is 16.1 Å². The molecule has 0 unspecified atom stereocenters. The molecular formula is C20H23ClO5. The molecule has 140 valence electrons. The highest BCUT2D eigenvalue weighted by Crippen LogP contribution is 2.45. The van der Waals surface area contributed by atoms with Gasteiger partial charge in [-0.25, -0.2) is 0 Å². The number of halogens is 1. The van der Waals surface area contributed by atoms with Crippen molar-refractivity contribution in [2.24, 2.45) is 5.41 Å². The SMILES string of the molecule is C=C(CC(=O)OCC)[C@@]1(C(=O)OC(C)(C)C)Cc2cc(Cl)ccc2C1=O. The summed E-state index contributed by atoms with van der Waals surface area (Å²) in [5.74, 6) is -1.67. The zero-order chi connectivity index (χ0) is 19.7. The summed E-state index contributed by atoms with van der Waals surface area (Å²) in [6.45, 7) is 10.9. The molecule has 6 heteroatoms. The van der Waals surface area contributed by atoms with E-state index in [2.05, 4.69) is 6.58 Å². The highest BCUT2D eigenvalue weighted by molar-refractivity contribution is 6.31. The van der Waals surface area contributed by atoms with Crippen molar-refractivity contribution in [2.45, 2.75) is 46.1 Å². The maximum atomic E-state index is 13.2. The summed E-state index contributed by atoms with van der Waals surface area (Å²) in [5.41, 5.74) is -1.24. The third kappa shape index (κ3) is 3.83. The van der Waals surface area contributed by atoms with E-state index in [9.17, 15) is 14.4 Å². The van der Waals surface area contributed by atoms with Crippen LogP contribution in [0.15, 0.2) is 30.4 Å². The fourth-order valence-corrected chi connectivity index (χ4v) is 3.22. The summed E-state index contributed by atoms with van der Waals surface area (Å²) in [7, 11) is 0. The van der Waals surface area contributed by atoms with Gasteiger partial charge >= 0.3 is 11.9 Å². The number of Topliss-reactive ketones (excluding diaryl/α,β-unsaturated/α-hetero) is 1. The number of esters is 2. The quantitative estimate of drug-likeness (QED) is 0.441. The first kappa shape index (κ1) is 20.2. The van der Waals surface area contributed by atoms with Gasteiger partial charge in [0.05, 0.1) is 13.0 Å². The lowest BCUT2D eigenvalue weighted by Gasteiger charge is -2.31. The molecule has 0 saturated carbocycles. The van der Waals surface area contributed by atoms with Crippen molar-refractivity contribution >= 4 is 29.3 Å². The van der Waals surface area contributed by atoms with Crippen molar-refractivity contribution in [2.75, 3.05) is 6.61 Å². The van der Waals surface area contributed by atoms with Crippen molar-refractivity contribution in [3.05, 3.63) is 46.5 Å². The molecule has 26 heavy (non-hydrogen) atoms. The average Bonchev–Trinajstić information content (AvgIpc) is 2.79. The average molecular weight is 379 g/mol. The van der Waals surface area contributed by atoms with Crippen LogP contribution in [0.3, 0.4) is 0 Å². The number of ketones is 1. The van der Waals surface area contributed by atoms with Crippen molar-refractivity contribution < 1.29 is 23.9 Å². The van der Waals surface area contributed by atoms with Gasteiger partial charge in [0, 0.05) is 17.0 Å². The standard InChI is InChI=1S/C20H23ClO5/c1-6-25-16(22)9-12(2)20(18(24)26-19(3,4)5)11-13-10-14(21)7-8-15(13)17(20)23/h7-8,10H,2,6,9,11H2,1,3-5H3/t20-/m0/s1. The van der Waals surface area contributed by atoms with Gasteiger partial charge in [0.1, 0.15) is 5.60 Å². The Labute approximate surface area is 158 Å². The first-order valence-corrected chi connectivity index (χ1v) is 8.79. The van der Waals surface area contributed by atoms with E-state index in [-0.39, 0.29) is 25.0 Å². The first-order valence-electron chi connectivity index (χ1n) is 8.42. The van der Waals surface area contributed by atoms with Gasteiger partial charge in [0.25, 0.3) is 0 Å². The van der Waals surface area contributed by atoms with Gasteiger partial charge in [-0.2, -0.15) is 0 Å². The van der Waals surface area contributed by atoms with E-state index < -0.39 is 28.7 Å². The Morgan fingerprint density at radius 1 is 1.31 bits per heavy atom. The van der Waals surface area contributed by atoms with E-state index in [1.165, 1.54) is 0 Å². The van der Waals surface area contributed by atoms with Crippen molar-refractivity contribution in [3.63, 3.8) is 0 Å². The fourth-order valence-electron chi connectivity index (χ4n) is 3.02. The van der Waals surface area contributed by atoms with Gasteiger partial charge < -0.3 is 9.47 Å². The number of ether oxygens (including phenoxy) is 2. The largest absolute Gasteiger partial charge is 0.466 e. The van der Waals surface area contributed by atoms with Crippen molar-refractivity contribution in [1.82, 2.24) is 0 Å². The Morgan fingerprint density at radius 3 is 2.54 bits per heavy atom. The van der Waals surface area contributed by atoms with Crippen LogP contribution in [0.25, 0.3) is 0 Å². The van der Waals surface area contributed by atoms with Gasteiger partial charge in [-0.15, -0.1) is 0 Å². The second-order valence-electron chi connectivity index (χ2n) is 7.30. The minimum atomic E-state index is -1.65. The molecule has 0 bridgehead atoms. The normalized spacial score (nSPS) is 19.0. The van der Waals surface area contributed by atoms with E-state index in [1.54, 1.807) is 45.9 Å². The summed E-state index contributed by atoms with van der Waals surface area (Å²) in [6.07, 6.45) is -0.171. The Bertz CT molecular complexity index is 775. The lowest BCUT2D eigenvalue weighted by molar-refractivity contribution is -0.162. The highest BCUT2D eigenvalue weighted by Gasteiger charge is 2.55. The van der Waals surface area contributed by atoms with Crippen LogP contribution in [-0.4, -0.2) is 29.9 Å². The second-order valence-corrected chi connectivity index (χ2v) is 7.74. The smallest absolute Gasteiger partial charge is 0.325 e. The first-order chi connectivity index (χ1) is 12.0. The Kier molecular flexibility index (Phi) is 5.61. The lowest BCUT2D eigenvalue weighted by atomic mass is 9.75. The summed E-state index contributed by atoms with van der Waals surface area (Å²) in [4.78, 5) is 38.1. The van der Waals surface area contributed by atoms with E-state index >= 15 is 0 Å². The lowest BCUT2D eigenvalue weighted by Crippen LogP contribution is -2.44. The Morgan fingerprint density at radius 2 is 1.96 bits per heavy atom. The Balaban J connectivity index is 2.47. The number of carbonyl (C=O) groups excluding carboxylic acids is 3. The molecule has 0 saturated heterocycles. The molecule has 1 aromatic carbocycles. The summed E-state index contributed by atoms with van der Waals surface area (Å²) in [6, 6.07) is 4.83. The number of hydrogen-bond acceptors (Lipinski definition) is 5. The van der Waals surface area contributed by atoms with Gasteiger partial charge in [-0.05, 0) is 57.0 Å².